The van der Waals surface area contributed by atoms with Crippen molar-refractivity contribution in [2.45, 2.75) is 38.9 Å². The molecule has 0 bridgehead atoms. The van der Waals surface area contributed by atoms with Crippen LogP contribution in [0.15, 0.2) is 30.3 Å². The number of hydrogen-bond donors (Lipinski definition) is 0. The van der Waals surface area contributed by atoms with Crippen molar-refractivity contribution < 1.29 is 4.80 Å². The molecule has 0 aliphatic heterocycles. The first-order valence-electron chi connectivity index (χ1n) is 4.86. The summed E-state index contributed by atoms with van der Waals surface area (Å²) in [6, 6.07) is 12.5. The van der Waals surface area contributed by atoms with Crippen LogP contribution in [-0.2, 0) is 0 Å². The van der Waals surface area contributed by atoms with Gasteiger partial charge in [-0.15, -0.1) is 0 Å². The maximum absolute atomic E-state index is 11.3. The molecule has 80 valence electrons. The Bertz CT molecular complexity index is 197. The van der Waals surface area contributed by atoms with Crippen LogP contribution in [0.5, 0.6) is 0 Å². The van der Waals surface area contributed by atoms with Gasteiger partial charge in [0.1, 0.15) is 0 Å². The largest absolute Gasteiger partial charge is 2.00 e. The molecule has 0 radical (unpaired) electrons. The number of hydrogen-bond acceptors (Lipinski definition) is 1. The molecule has 0 aliphatic carbocycles. The summed E-state index contributed by atoms with van der Waals surface area (Å²) in [6.45, 7) is 9.77. The van der Waals surface area contributed by atoms with E-state index in [0.29, 0.717) is 0 Å². The number of rotatable bonds is 0. The van der Waals surface area contributed by atoms with E-state index < -0.39 is 8.32 Å². The molecule has 3 heteroatoms. The summed E-state index contributed by atoms with van der Waals surface area (Å²) in [5, 5.41) is 0.0208. The van der Waals surface area contributed by atoms with Crippen LogP contribution in [0.3, 0.4) is 0 Å². The van der Waals surface area contributed by atoms with Gasteiger partial charge in [-0.3, -0.25) is 0 Å². The first-order chi connectivity index (χ1) is 6.25. The molecule has 0 saturated carbocycles. The second-order valence-electron chi connectivity index (χ2n) is 4.84. The molecular formula is C12H20MgOSi. The van der Waals surface area contributed by atoms with Gasteiger partial charge in [0.05, 0.1) is 0 Å². The maximum Gasteiger partial charge on any atom is 2.00 e. The minimum Gasteiger partial charge on any atom is -0.858 e. The fourth-order valence-electron chi connectivity index (χ4n) is 0.342. The minimum atomic E-state index is -2.11. The zero-order valence-electron chi connectivity index (χ0n) is 10.5. The van der Waals surface area contributed by atoms with E-state index in [1.165, 1.54) is 0 Å². The average Bonchev–Trinajstić information content (AvgIpc) is 2.05. The summed E-state index contributed by atoms with van der Waals surface area (Å²) in [5.41, 5.74) is 0. The zero-order valence-corrected chi connectivity index (χ0v) is 12.9. The first-order valence-corrected chi connectivity index (χ1v) is 7.77. The van der Waals surface area contributed by atoms with Gasteiger partial charge in [-0.2, -0.15) is 36.4 Å². The van der Waals surface area contributed by atoms with E-state index in [2.05, 4.69) is 6.07 Å². The summed E-state index contributed by atoms with van der Waals surface area (Å²) in [7, 11) is -2.11. The Labute approximate surface area is 111 Å². The van der Waals surface area contributed by atoms with Crippen molar-refractivity contribution in [1.82, 2.24) is 0 Å². The van der Waals surface area contributed by atoms with Gasteiger partial charge in [-0.1, -0.05) is 38.9 Å². The molecule has 0 aromatic heterocycles. The van der Waals surface area contributed by atoms with Gasteiger partial charge in [0.2, 0.25) is 0 Å². The van der Waals surface area contributed by atoms with Gasteiger partial charge >= 0.3 is 23.1 Å². The normalized spacial score (nSPS) is 10.8. The summed E-state index contributed by atoms with van der Waals surface area (Å²) in [6.07, 6.45) is 0. The molecule has 0 heterocycles. The molecule has 15 heavy (non-hydrogen) atoms. The summed E-state index contributed by atoms with van der Waals surface area (Å²) < 4.78 is 0. The standard InChI is InChI=1S/C6H15OSi.C6H5.Mg/c1-6(2,3)8(4,5)7;1-2-4-6-5-3-1;/h1-5H3;1-5H;/q2*-1;+2. The molecule has 0 N–H and O–H groups in total. The van der Waals surface area contributed by atoms with Crippen LogP contribution in [0.2, 0.25) is 18.1 Å². The van der Waals surface area contributed by atoms with Crippen LogP contribution in [0.25, 0.3) is 0 Å². The van der Waals surface area contributed by atoms with E-state index in [0.717, 1.165) is 0 Å². The minimum absolute atomic E-state index is 0. The summed E-state index contributed by atoms with van der Waals surface area (Å²) >= 11 is 0. The Morgan fingerprint density at radius 3 is 1.40 bits per heavy atom. The van der Waals surface area contributed by atoms with Crippen molar-refractivity contribution in [2.75, 3.05) is 0 Å². The molecule has 0 amide bonds. The van der Waals surface area contributed by atoms with Crippen molar-refractivity contribution in [3.63, 3.8) is 0 Å². The summed E-state index contributed by atoms with van der Waals surface area (Å²) in [4.78, 5) is 11.3. The maximum atomic E-state index is 11.3. The molecule has 0 aliphatic rings. The van der Waals surface area contributed by atoms with Gasteiger partial charge in [0.25, 0.3) is 0 Å². The molecule has 1 aromatic rings. The van der Waals surface area contributed by atoms with E-state index in [1.807, 2.05) is 64.2 Å². The van der Waals surface area contributed by atoms with Gasteiger partial charge in [0, 0.05) is 0 Å². The van der Waals surface area contributed by atoms with Crippen LogP contribution in [0.1, 0.15) is 20.8 Å². The van der Waals surface area contributed by atoms with E-state index in [1.54, 1.807) is 0 Å². The quantitative estimate of drug-likeness (QED) is 0.498. The molecule has 1 rings (SSSR count). The number of benzene rings is 1. The molecule has 0 fully saturated rings. The average molecular weight is 233 g/mol. The second kappa shape index (κ2) is 7.44. The van der Waals surface area contributed by atoms with E-state index in [4.69, 9.17) is 0 Å². The molecule has 0 unspecified atom stereocenters. The Kier molecular flexibility index (Phi) is 8.71. The van der Waals surface area contributed by atoms with Crippen molar-refractivity contribution in [3.05, 3.63) is 36.4 Å². The van der Waals surface area contributed by atoms with Crippen molar-refractivity contribution in [3.8, 4) is 0 Å². The first kappa shape index (κ1) is 17.6. The fourth-order valence-corrected chi connectivity index (χ4v) is 0.342. The van der Waals surface area contributed by atoms with Crippen LogP contribution in [-0.4, -0.2) is 31.4 Å². The molecule has 0 spiro atoms. The SMILES string of the molecule is CC(C)(C)[Si](C)(C)[O-].[Mg+2].[c-]1ccccc1. The van der Waals surface area contributed by atoms with E-state index >= 15 is 0 Å². The zero-order chi connectivity index (χ0) is 11.2. The molecule has 0 saturated heterocycles. The molecular weight excluding hydrogens is 213 g/mol. The van der Waals surface area contributed by atoms with Crippen molar-refractivity contribution >= 4 is 31.4 Å². The Hall–Kier alpha value is 0.163. The van der Waals surface area contributed by atoms with Gasteiger partial charge in [0.15, 0.2) is 0 Å². The Morgan fingerprint density at radius 1 is 1.00 bits per heavy atom. The van der Waals surface area contributed by atoms with Crippen LogP contribution >= 0.6 is 0 Å². The second-order valence-corrected chi connectivity index (χ2v) is 9.36. The van der Waals surface area contributed by atoms with Crippen LogP contribution in [0, 0.1) is 6.07 Å². The van der Waals surface area contributed by atoms with Gasteiger partial charge < -0.3 is 4.80 Å². The molecule has 1 aromatic carbocycles. The molecule has 0 atom stereocenters. The third-order valence-corrected chi connectivity index (χ3v) is 6.03. The van der Waals surface area contributed by atoms with E-state index in [9.17, 15) is 4.80 Å². The monoisotopic (exact) mass is 232 g/mol. The Morgan fingerprint density at radius 2 is 1.33 bits per heavy atom. The van der Waals surface area contributed by atoms with Crippen LogP contribution in [0.4, 0.5) is 0 Å². The predicted molar refractivity (Wildman–Crippen MR) is 68.2 cm³/mol. The predicted octanol–water partition coefficient (Wildman–Crippen LogP) is 2.46. The van der Waals surface area contributed by atoms with Gasteiger partial charge in [-0.05, 0) is 8.32 Å². The molecule has 1 nitrogen and oxygen atoms in total. The summed E-state index contributed by atoms with van der Waals surface area (Å²) in [5.74, 6) is 0. The van der Waals surface area contributed by atoms with Crippen molar-refractivity contribution in [1.29, 1.82) is 0 Å². The Balaban J connectivity index is 0. The third kappa shape index (κ3) is 9.11. The topological polar surface area (TPSA) is 23.1 Å². The van der Waals surface area contributed by atoms with Gasteiger partial charge in [-0.25, -0.2) is 0 Å². The van der Waals surface area contributed by atoms with E-state index in [-0.39, 0.29) is 28.1 Å². The van der Waals surface area contributed by atoms with Crippen LogP contribution < -0.4 is 4.80 Å². The third-order valence-electron chi connectivity index (χ3n) is 2.41. The smallest absolute Gasteiger partial charge is 0.858 e. The fraction of sp³-hybridized carbons (Fsp3) is 0.500. The van der Waals surface area contributed by atoms with Crippen molar-refractivity contribution in [2.24, 2.45) is 0 Å².